The van der Waals surface area contributed by atoms with E-state index in [1.807, 2.05) is 23.8 Å². The zero-order chi connectivity index (χ0) is 13.7. The van der Waals surface area contributed by atoms with Crippen LogP contribution in [0.15, 0.2) is 16.8 Å². The topological polar surface area (TPSA) is 58.2 Å². The molecule has 0 spiro atoms. The van der Waals surface area contributed by atoms with Crippen molar-refractivity contribution >= 4 is 21.4 Å². The van der Waals surface area contributed by atoms with E-state index in [1.165, 1.54) is 12.8 Å². The van der Waals surface area contributed by atoms with Gasteiger partial charge in [0.05, 0.1) is 5.75 Å². The van der Waals surface area contributed by atoms with Crippen LogP contribution in [-0.2, 0) is 10.0 Å². The summed E-state index contributed by atoms with van der Waals surface area (Å²) in [6.45, 7) is 2.81. The predicted molar refractivity (Wildman–Crippen MR) is 79.9 cm³/mol. The van der Waals surface area contributed by atoms with Crippen molar-refractivity contribution < 1.29 is 8.42 Å². The van der Waals surface area contributed by atoms with Gasteiger partial charge in [0.1, 0.15) is 0 Å². The van der Waals surface area contributed by atoms with Crippen LogP contribution < -0.4 is 10.0 Å². The Bertz CT molecular complexity index is 467. The van der Waals surface area contributed by atoms with Gasteiger partial charge in [-0.05, 0) is 61.5 Å². The Labute approximate surface area is 119 Å². The number of thiophene rings is 1. The molecule has 1 aliphatic carbocycles. The Balaban J connectivity index is 1.65. The number of nitrogens with one attached hydrogen (secondary N) is 2. The van der Waals surface area contributed by atoms with Crippen LogP contribution in [0.4, 0.5) is 0 Å². The van der Waals surface area contributed by atoms with Gasteiger partial charge in [-0.3, -0.25) is 0 Å². The second-order valence-corrected chi connectivity index (χ2v) is 7.80. The first kappa shape index (κ1) is 15.0. The summed E-state index contributed by atoms with van der Waals surface area (Å²) in [5.41, 5.74) is 1.03. The summed E-state index contributed by atoms with van der Waals surface area (Å²) in [7, 11) is -3.17. The minimum absolute atomic E-state index is 0.138. The molecule has 1 aliphatic rings. The van der Waals surface area contributed by atoms with E-state index in [4.69, 9.17) is 0 Å². The monoisotopic (exact) mass is 302 g/mol. The molecule has 1 unspecified atom stereocenters. The number of hydrogen-bond acceptors (Lipinski definition) is 4. The van der Waals surface area contributed by atoms with Crippen LogP contribution in [0, 0.1) is 0 Å². The lowest BCUT2D eigenvalue weighted by Crippen LogP contribution is -2.29. The Morgan fingerprint density at radius 3 is 2.84 bits per heavy atom. The number of sulfonamides is 1. The minimum Gasteiger partial charge on any atom is -0.314 e. The molecular weight excluding hydrogens is 280 g/mol. The number of hydrogen-bond donors (Lipinski definition) is 2. The van der Waals surface area contributed by atoms with Gasteiger partial charge in [0, 0.05) is 12.1 Å². The molecule has 0 aliphatic heterocycles. The third-order valence-electron chi connectivity index (χ3n) is 3.25. The highest BCUT2D eigenvalue weighted by Gasteiger charge is 2.20. The number of unbranched alkanes of at least 4 members (excludes halogenated alkanes) is 1. The van der Waals surface area contributed by atoms with Crippen LogP contribution in [-0.4, -0.2) is 26.8 Å². The van der Waals surface area contributed by atoms with E-state index in [0.29, 0.717) is 12.5 Å². The summed E-state index contributed by atoms with van der Waals surface area (Å²) >= 11 is 1.58. The highest BCUT2D eigenvalue weighted by atomic mass is 32.2. The van der Waals surface area contributed by atoms with Crippen molar-refractivity contribution in [3.63, 3.8) is 0 Å². The van der Waals surface area contributed by atoms with Gasteiger partial charge in [-0.1, -0.05) is 0 Å². The van der Waals surface area contributed by atoms with Gasteiger partial charge < -0.3 is 5.32 Å². The van der Waals surface area contributed by atoms with Crippen molar-refractivity contribution in [3.8, 4) is 0 Å². The summed E-state index contributed by atoms with van der Waals surface area (Å²) in [5, 5.41) is 7.33. The maximum atomic E-state index is 11.9. The molecule has 6 heteroatoms. The van der Waals surface area contributed by atoms with E-state index in [0.717, 1.165) is 18.5 Å². The highest BCUT2D eigenvalue weighted by molar-refractivity contribution is 7.89. The minimum atomic E-state index is -3.17. The molecule has 0 saturated heterocycles. The Morgan fingerprint density at radius 2 is 2.21 bits per heavy atom. The Morgan fingerprint density at radius 1 is 1.42 bits per heavy atom. The normalized spacial score (nSPS) is 17.5. The molecule has 1 aromatic heterocycles. The Kier molecular flexibility index (Phi) is 5.38. The first-order valence-corrected chi connectivity index (χ1v) is 9.42. The van der Waals surface area contributed by atoms with E-state index in [9.17, 15) is 8.42 Å². The summed E-state index contributed by atoms with van der Waals surface area (Å²) in [6.07, 6.45) is 4.19. The molecule has 1 heterocycles. The molecule has 2 rings (SSSR count). The second-order valence-electron chi connectivity index (χ2n) is 5.15. The summed E-state index contributed by atoms with van der Waals surface area (Å²) in [4.78, 5) is 0. The van der Waals surface area contributed by atoms with Gasteiger partial charge in [0.25, 0.3) is 0 Å². The number of rotatable bonds is 9. The van der Waals surface area contributed by atoms with Gasteiger partial charge in [0.15, 0.2) is 0 Å². The summed E-state index contributed by atoms with van der Waals surface area (Å²) in [6, 6.07) is 2.52. The van der Waals surface area contributed by atoms with Crippen LogP contribution in [0.1, 0.15) is 44.2 Å². The van der Waals surface area contributed by atoms with Gasteiger partial charge in [-0.15, -0.1) is 0 Å². The van der Waals surface area contributed by atoms with Gasteiger partial charge in [-0.2, -0.15) is 11.3 Å². The maximum Gasteiger partial charge on any atom is 0.212 e. The zero-order valence-electron chi connectivity index (χ0n) is 11.3. The molecule has 1 fully saturated rings. The molecule has 0 aromatic carbocycles. The molecule has 0 amide bonds. The van der Waals surface area contributed by atoms with Crippen LogP contribution in [0.3, 0.4) is 0 Å². The predicted octanol–water partition coefficient (Wildman–Crippen LogP) is 2.26. The van der Waals surface area contributed by atoms with Crippen molar-refractivity contribution in [1.82, 2.24) is 10.0 Å². The highest BCUT2D eigenvalue weighted by Crippen LogP contribution is 2.18. The van der Waals surface area contributed by atoms with Gasteiger partial charge in [0.2, 0.25) is 10.0 Å². The van der Waals surface area contributed by atoms with E-state index >= 15 is 0 Å². The van der Waals surface area contributed by atoms with Crippen LogP contribution in [0.2, 0.25) is 0 Å². The molecule has 4 nitrogen and oxygen atoms in total. The van der Waals surface area contributed by atoms with Crippen molar-refractivity contribution in [2.75, 3.05) is 12.3 Å². The largest absolute Gasteiger partial charge is 0.314 e. The molecule has 1 atom stereocenters. The standard InChI is InChI=1S/C13H22N2O2S2/c1-11(12-6-8-18-10-12)15-19(16,17)9-3-2-7-14-13-4-5-13/h6,8,10-11,13-15H,2-5,7,9H2,1H3. The van der Waals surface area contributed by atoms with E-state index in [-0.39, 0.29) is 11.8 Å². The average molecular weight is 302 g/mol. The molecule has 1 aromatic rings. The van der Waals surface area contributed by atoms with E-state index in [1.54, 1.807) is 11.3 Å². The third-order valence-corrected chi connectivity index (χ3v) is 5.49. The molecular formula is C13H22N2O2S2. The van der Waals surface area contributed by atoms with Crippen LogP contribution in [0.25, 0.3) is 0 Å². The molecule has 108 valence electrons. The Hall–Kier alpha value is -0.430. The van der Waals surface area contributed by atoms with Crippen LogP contribution in [0.5, 0.6) is 0 Å². The molecule has 1 saturated carbocycles. The van der Waals surface area contributed by atoms with Gasteiger partial charge >= 0.3 is 0 Å². The lowest BCUT2D eigenvalue weighted by Gasteiger charge is -2.13. The second kappa shape index (κ2) is 6.83. The van der Waals surface area contributed by atoms with Gasteiger partial charge in [-0.25, -0.2) is 13.1 Å². The lowest BCUT2D eigenvalue weighted by molar-refractivity contribution is 0.560. The fourth-order valence-electron chi connectivity index (χ4n) is 1.93. The van der Waals surface area contributed by atoms with Crippen molar-refractivity contribution in [2.24, 2.45) is 0 Å². The smallest absolute Gasteiger partial charge is 0.212 e. The average Bonchev–Trinajstić information content (AvgIpc) is 3.00. The molecule has 0 bridgehead atoms. The quantitative estimate of drug-likeness (QED) is 0.688. The first-order valence-electron chi connectivity index (χ1n) is 6.82. The summed E-state index contributed by atoms with van der Waals surface area (Å²) < 4.78 is 26.6. The fraction of sp³-hybridized carbons (Fsp3) is 0.692. The first-order chi connectivity index (χ1) is 9.07. The van der Waals surface area contributed by atoms with Crippen molar-refractivity contribution in [2.45, 2.75) is 44.7 Å². The fourth-order valence-corrected chi connectivity index (χ4v) is 4.06. The van der Waals surface area contributed by atoms with Crippen LogP contribution >= 0.6 is 11.3 Å². The zero-order valence-corrected chi connectivity index (χ0v) is 12.9. The van der Waals surface area contributed by atoms with Crippen molar-refractivity contribution in [1.29, 1.82) is 0 Å². The van der Waals surface area contributed by atoms with Crippen molar-refractivity contribution in [3.05, 3.63) is 22.4 Å². The molecule has 19 heavy (non-hydrogen) atoms. The summed E-state index contributed by atoms with van der Waals surface area (Å²) in [5.74, 6) is 0.216. The third kappa shape index (κ3) is 5.60. The lowest BCUT2D eigenvalue weighted by atomic mass is 10.2. The van der Waals surface area contributed by atoms with E-state index in [2.05, 4.69) is 10.0 Å². The SMILES string of the molecule is CC(NS(=O)(=O)CCCCNC1CC1)c1ccsc1. The maximum absolute atomic E-state index is 11.9. The molecule has 2 N–H and O–H groups in total. The van der Waals surface area contributed by atoms with E-state index < -0.39 is 10.0 Å². The molecule has 0 radical (unpaired) electrons.